The average Bonchev–Trinajstić information content (AvgIpc) is 2.70. The molecule has 3 nitrogen and oxygen atoms in total. The van der Waals surface area contributed by atoms with Gasteiger partial charge in [0.15, 0.2) is 0 Å². The molecule has 0 unspecified atom stereocenters. The summed E-state index contributed by atoms with van der Waals surface area (Å²) in [6, 6.07) is 0. The molecule has 3 heteroatoms. The van der Waals surface area contributed by atoms with Gasteiger partial charge in [-0.2, -0.15) is 0 Å². The molecular weight excluding hydrogens is 138 g/mol. The maximum Gasteiger partial charge on any atom is 0.0946 e. The van der Waals surface area contributed by atoms with Gasteiger partial charge >= 0.3 is 0 Å². The first-order valence-corrected chi connectivity index (χ1v) is 3.94. The van der Waals surface area contributed by atoms with Crippen LogP contribution in [-0.2, 0) is 12.6 Å². The van der Waals surface area contributed by atoms with Crippen molar-refractivity contribution in [2.45, 2.75) is 18.4 Å². The molecule has 0 atom stereocenters. The fourth-order valence-corrected chi connectivity index (χ4v) is 1.58. The molecule has 1 aromatic heterocycles. The van der Waals surface area contributed by atoms with Crippen LogP contribution in [0.15, 0.2) is 12.5 Å². The third-order valence-electron chi connectivity index (χ3n) is 2.54. The Labute approximate surface area is 66.4 Å². The Morgan fingerprint density at radius 3 is 2.73 bits per heavy atom. The van der Waals surface area contributed by atoms with Crippen LogP contribution in [0.5, 0.6) is 0 Å². The van der Waals surface area contributed by atoms with Gasteiger partial charge < -0.3 is 9.88 Å². The van der Waals surface area contributed by atoms with E-state index in [9.17, 15) is 0 Å². The van der Waals surface area contributed by atoms with E-state index in [1.165, 1.54) is 18.5 Å². The monoisotopic (exact) mass is 151 g/mol. The lowest BCUT2D eigenvalue weighted by Gasteiger charge is -2.13. The van der Waals surface area contributed by atoms with E-state index in [4.69, 9.17) is 0 Å². The van der Waals surface area contributed by atoms with Crippen molar-refractivity contribution in [1.29, 1.82) is 0 Å². The van der Waals surface area contributed by atoms with Gasteiger partial charge in [0.05, 0.1) is 23.8 Å². The highest BCUT2D eigenvalue weighted by Crippen LogP contribution is 2.44. The minimum atomic E-state index is 0.255. The van der Waals surface area contributed by atoms with Gasteiger partial charge in [-0.25, -0.2) is 4.98 Å². The molecule has 0 saturated heterocycles. The van der Waals surface area contributed by atoms with Gasteiger partial charge in [0, 0.05) is 7.05 Å². The van der Waals surface area contributed by atoms with Crippen LogP contribution in [0.25, 0.3) is 0 Å². The largest absolute Gasteiger partial charge is 0.336 e. The molecule has 2 rings (SSSR count). The molecule has 1 fully saturated rings. The van der Waals surface area contributed by atoms with Crippen molar-refractivity contribution in [3.8, 4) is 0 Å². The van der Waals surface area contributed by atoms with Gasteiger partial charge in [-0.1, -0.05) is 0 Å². The molecule has 1 N–H and O–H groups in total. The molecule has 1 heterocycles. The van der Waals surface area contributed by atoms with Crippen molar-refractivity contribution in [2.24, 2.45) is 7.05 Å². The SMILES string of the molecule is CNC1(c2cncn2C)CC1. The molecule has 0 spiro atoms. The Hall–Kier alpha value is -0.830. The number of aryl methyl sites for hydroxylation is 1. The molecule has 1 aliphatic carbocycles. The zero-order chi connectivity index (χ0) is 7.90. The first kappa shape index (κ1) is 6.85. The van der Waals surface area contributed by atoms with Crippen LogP contribution in [0, 0.1) is 0 Å². The highest BCUT2D eigenvalue weighted by atomic mass is 15.1. The van der Waals surface area contributed by atoms with E-state index in [2.05, 4.69) is 14.9 Å². The highest BCUT2D eigenvalue weighted by molar-refractivity contribution is 5.21. The van der Waals surface area contributed by atoms with Crippen LogP contribution >= 0.6 is 0 Å². The fourth-order valence-electron chi connectivity index (χ4n) is 1.58. The van der Waals surface area contributed by atoms with Crippen molar-refractivity contribution in [2.75, 3.05) is 7.05 Å². The van der Waals surface area contributed by atoms with E-state index in [0.717, 1.165) is 0 Å². The quantitative estimate of drug-likeness (QED) is 0.671. The fraction of sp³-hybridized carbons (Fsp3) is 0.625. The van der Waals surface area contributed by atoms with Crippen LogP contribution < -0.4 is 5.32 Å². The van der Waals surface area contributed by atoms with E-state index < -0.39 is 0 Å². The van der Waals surface area contributed by atoms with Crippen molar-refractivity contribution in [1.82, 2.24) is 14.9 Å². The van der Waals surface area contributed by atoms with Crippen LogP contribution in [0.4, 0.5) is 0 Å². The summed E-state index contributed by atoms with van der Waals surface area (Å²) in [4.78, 5) is 4.10. The van der Waals surface area contributed by atoms with Gasteiger partial charge in [-0.3, -0.25) is 0 Å². The van der Waals surface area contributed by atoms with E-state index in [1.807, 2.05) is 26.6 Å². The summed E-state index contributed by atoms with van der Waals surface area (Å²) < 4.78 is 2.09. The second-order valence-corrected chi connectivity index (χ2v) is 3.22. The predicted molar refractivity (Wildman–Crippen MR) is 43.2 cm³/mol. The van der Waals surface area contributed by atoms with Crippen LogP contribution in [0.2, 0.25) is 0 Å². The first-order chi connectivity index (χ1) is 5.28. The summed E-state index contributed by atoms with van der Waals surface area (Å²) in [7, 11) is 4.06. The normalized spacial score (nSPS) is 20.2. The van der Waals surface area contributed by atoms with Crippen LogP contribution in [-0.4, -0.2) is 16.6 Å². The topological polar surface area (TPSA) is 29.9 Å². The van der Waals surface area contributed by atoms with Crippen molar-refractivity contribution < 1.29 is 0 Å². The summed E-state index contributed by atoms with van der Waals surface area (Å²) in [5, 5.41) is 3.33. The zero-order valence-corrected chi connectivity index (χ0v) is 6.96. The molecular formula is C8H13N3. The number of hydrogen-bond acceptors (Lipinski definition) is 2. The summed E-state index contributed by atoms with van der Waals surface area (Å²) in [6.45, 7) is 0. The summed E-state index contributed by atoms with van der Waals surface area (Å²) in [6.07, 6.45) is 6.28. The number of rotatable bonds is 2. The minimum Gasteiger partial charge on any atom is -0.336 e. The molecule has 11 heavy (non-hydrogen) atoms. The summed E-state index contributed by atoms with van der Waals surface area (Å²) >= 11 is 0. The second-order valence-electron chi connectivity index (χ2n) is 3.22. The number of nitrogens with one attached hydrogen (secondary N) is 1. The van der Waals surface area contributed by atoms with E-state index in [-0.39, 0.29) is 5.54 Å². The first-order valence-electron chi connectivity index (χ1n) is 3.94. The lowest BCUT2D eigenvalue weighted by Crippen LogP contribution is -2.26. The molecule has 1 aliphatic rings. The third-order valence-corrected chi connectivity index (χ3v) is 2.54. The molecule has 1 saturated carbocycles. The summed E-state index contributed by atoms with van der Waals surface area (Å²) in [5.74, 6) is 0. The molecule has 0 amide bonds. The lowest BCUT2D eigenvalue weighted by atomic mass is 10.2. The van der Waals surface area contributed by atoms with E-state index >= 15 is 0 Å². The van der Waals surface area contributed by atoms with Crippen molar-refractivity contribution >= 4 is 0 Å². The smallest absolute Gasteiger partial charge is 0.0946 e. The van der Waals surface area contributed by atoms with E-state index in [1.54, 1.807) is 0 Å². The lowest BCUT2D eigenvalue weighted by molar-refractivity contribution is 0.545. The number of aromatic nitrogens is 2. The van der Waals surface area contributed by atoms with Gasteiger partial charge in [0.25, 0.3) is 0 Å². The van der Waals surface area contributed by atoms with Crippen LogP contribution in [0.1, 0.15) is 18.5 Å². The Morgan fingerprint density at radius 1 is 1.64 bits per heavy atom. The van der Waals surface area contributed by atoms with Crippen LogP contribution in [0.3, 0.4) is 0 Å². The van der Waals surface area contributed by atoms with Gasteiger partial charge in [-0.15, -0.1) is 0 Å². The maximum atomic E-state index is 4.10. The zero-order valence-electron chi connectivity index (χ0n) is 6.96. The standard InChI is InChI=1S/C8H13N3/c1-9-8(3-4-8)7-5-10-6-11(7)2/h5-6,9H,3-4H2,1-2H3. The van der Waals surface area contributed by atoms with Crippen molar-refractivity contribution in [3.05, 3.63) is 18.2 Å². The van der Waals surface area contributed by atoms with Crippen molar-refractivity contribution in [3.63, 3.8) is 0 Å². The maximum absolute atomic E-state index is 4.10. The molecule has 1 aromatic rings. The number of imidazole rings is 1. The average molecular weight is 151 g/mol. The molecule has 0 radical (unpaired) electrons. The number of hydrogen-bond donors (Lipinski definition) is 1. The predicted octanol–water partition coefficient (Wildman–Crippen LogP) is 0.629. The second kappa shape index (κ2) is 2.08. The van der Waals surface area contributed by atoms with Gasteiger partial charge in [0.1, 0.15) is 0 Å². The Kier molecular flexibility index (Phi) is 1.29. The highest BCUT2D eigenvalue weighted by Gasteiger charge is 2.44. The minimum absolute atomic E-state index is 0.255. The Morgan fingerprint density at radius 2 is 2.36 bits per heavy atom. The van der Waals surface area contributed by atoms with E-state index in [0.29, 0.717) is 0 Å². The summed E-state index contributed by atoms with van der Waals surface area (Å²) in [5.41, 5.74) is 1.56. The van der Waals surface area contributed by atoms with Gasteiger partial charge in [-0.05, 0) is 19.9 Å². The molecule has 0 aliphatic heterocycles. The molecule has 0 bridgehead atoms. The number of nitrogens with zero attached hydrogens (tertiary/aromatic N) is 2. The Balaban J connectivity index is 2.35. The molecule has 0 aromatic carbocycles. The third kappa shape index (κ3) is 0.878. The van der Waals surface area contributed by atoms with Gasteiger partial charge in [0.2, 0.25) is 0 Å². The molecule has 60 valence electrons. The Bertz CT molecular complexity index is 260.